The van der Waals surface area contributed by atoms with E-state index >= 15 is 0 Å². The molecule has 0 aliphatic rings. The number of ether oxygens (including phenoxy) is 1. The zero-order valence-electron chi connectivity index (χ0n) is 9.99. The molecular formula is C11H15IN2O2S. The minimum Gasteiger partial charge on any atom is -0.444 e. The van der Waals surface area contributed by atoms with Gasteiger partial charge in [0.05, 0.1) is 5.69 Å². The summed E-state index contributed by atoms with van der Waals surface area (Å²) in [4.78, 5) is 15.7. The summed E-state index contributed by atoms with van der Waals surface area (Å²) in [5.74, 6) is 0.791. The lowest BCUT2D eigenvalue weighted by Crippen LogP contribution is -2.27. The van der Waals surface area contributed by atoms with Gasteiger partial charge in [0.25, 0.3) is 0 Å². The number of halogens is 1. The second-order valence-electron chi connectivity index (χ2n) is 4.41. The van der Waals surface area contributed by atoms with Crippen LogP contribution in [0.1, 0.15) is 26.3 Å². The minimum absolute atomic E-state index is 0.441. The molecule has 1 rings (SSSR count). The summed E-state index contributed by atoms with van der Waals surface area (Å²) in [6, 6.07) is 1.77. The fourth-order valence-electron chi connectivity index (χ4n) is 1.14. The molecule has 0 fully saturated rings. The van der Waals surface area contributed by atoms with E-state index in [-0.39, 0.29) is 0 Å². The third-order valence-electron chi connectivity index (χ3n) is 1.75. The van der Waals surface area contributed by atoms with Crippen LogP contribution in [0.3, 0.4) is 0 Å². The van der Waals surface area contributed by atoms with Crippen molar-refractivity contribution in [1.29, 1.82) is 0 Å². The van der Waals surface area contributed by atoms with Gasteiger partial charge in [0.15, 0.2) is 0 Å². The van der Waals surface area contributed by atoms with Gasteiger partial charge in [-0.05, 0) is 48.0 Å². The fourth-order valence-corrected chi connectivity index (χ4v) is 2.49. The highest BCUT2D eigenvalue weighted by atomic mass is 127. The van der Waals surface area contributed by atoms with Crippen LogP contribution < -0.4 is 5.32 Å². The highest BCUT2D eigenvalue weighted by Crippen LogP contribution is 2.24. The molecule has 1 heterocycles. The lowest BCUT2D eigenvalue weighted by Gasteiger charge is -2.20. The summed E-state index contributed by atoms with van der Waals surface area (Å²) in [6.07, 6.45) is 2.95. The molecule has 1 amide bonds. The van der Waals surface area contributed by atoms with Gasteiger partial charge in [0, 0.05) is 23.7 Å². The standard InChI is InChI=1S/C11H15IN2O2S/c1-11(2,3)16-10(15)14-9-4-5-13-6-8(9)7-17-12/h4-6H,7H2,1-3H3,(H,13,14,15). The zero-order valence-corrected chi connectivity index (χ0v) is 13.0. The molecule has 4 nitrogen and oxygen atoms in total. The van der Waals surface area contributed by atoms with Crippen molar-refractivity contribution in [2.75, 3.05) is 5.32 Å². The predicted octanol–water partition coefficient (Wildman–Crippen LogP) is 4.01. The number of carbonyl (C=O) groups excluding carboxylic acids is 1. The van der Waals surface area contributed by atoms with Gasteiger partial charge >= 0.3 is 6.09 Å². The smallest absolute Gasteiger partial charge is 0.412 e. The minimum atomic E-state index is -0.491. The molecule has 6 heteroatoms. The summed E-state index contributed by atoms with van der Waals surface area (Å²) in [7, 11) is 1.65. The Hall–Kier alpha value is -0.500. The van der Waals surface area contributed by atoms with E-state index in [0.717, 1.165) is 17.0 Å². The molecule has 0 atom stereocenters. The molecule has 0 spiro atoms. The lowest BCUT2D eigenvalue weighted by atomic mass is 10.2. The maximum absolute atomic E-state index is 11.6. The molecule has 0 saturated carbocycles. The van der Waals surface area contributed by atoms with Crippen LogP contribution in [0.5, 0.6) is 0 Å². The van der Waals surface area contributed by atoms with E-state index in [1.54, 1.807) is 27.4 Å². The van der Waals surface area contributed by atoms with Crippen molar-refractivity contribution in [2.24, 2.45) is 0 Å². The van der Waals surface area contributed by atoms with Gasteiger partial charge in [-0.1, -0.05) is 8.93 Å². The molecule has 0 bridgehead atoms. The third-order valence-corrected chi connectivity index (χ3v) is 3.10. The number of nitrogens with zero attached hydrogens (tertiary/aromatic N) is 1. The second kappa shape index (κ2) is 6.44. The predicted molar refractivity (Wildman–Crippen MR) is 79.4 cm³/mol. The van der Waals surface area contributed by atoms with Crippen LogP contribution in [0.25, 0.3) is 0 Å². The van der Waals surface area contributed by atoms with Gasteiger partial charge in [0.1, 0.15) is 5.60 Å². The third kappa shape index (κ3) is 5.58. The van der Waals surface area contributed by atoms with Crippen molar-refractivity contribution in [3.8, 4) is 0 Å². The summed E-state index contributed by atoms with van der Waals surface area (Å²) in [5, 5.41) is 2.73. The van der Waals surface area contributed by atoms with Crippen LogP contribution in [0.15, 0.2) is 18.5 Å². The molecule has 0 aliphatic heterocycles. The van der Waals surface area contributed by atoms with Gasteiger partial charge in [-0.3, -0.25) is 10.3 Å². The van der Waals surface area contributed by atoms with Crippen LogP contribution in [-0.2, 0) is 10.5 Å². The maximum atomic E-state index is 11.6. The van der Waals surface area contributed by atoms with Gasteiger partial charge in [0.2, 0.25) is 0 Å². The SMILES string of the molecule is CC(C)(C)OC(=O)Nc1ccncc1CSI. The Labute approximate surface area is 117 Å². The zero-order chi connectivity index (χ0) is 12.9. The molecule has 1 aromatic rings. The van der Waals surface area contributed by atoms with Crippen molar-refractivity contribution in [3.63, 3.8) is 0 Å². The molecule has 94 valence electrons. The molecule has 0 unspecified atom stereocenters. The number of aromatic nitrogens is 1. The van der Waals surface area contributed by atoms with E-state index in [4.69, 9.17) is 4.74 Å². The molecule has 1 N–H and O–H groups in total. The normalized spacial score (nSPS) is 11.1. The van der Waals surface area contributed by atoms with Gasteiger partial charge in [-0.2, -0.15) is 0 Å². The Morgan fingerprint density at radius 1 is 1.59 bits per heavy atom. The van der Waals surface area contributed by atoms with E-state index in [9.17, 15) is 4.79 Å². The highest BCUT2D eigenvalue weighted by Gasteiger charge is 2.17. The van der Waals surface area contributed by atoms with Crippen LogP contribution >= 0.6 is 30.1 Å². The van der Waals surface area contributed by atoms with Crippen molar-refractivity contribution in [2.45, 2.75) is 32.1 Å². The molecule has 0 saturated heterocycles. The second-order valence-corrected chi connectivity index (χ2v) is 6.79. The van der Waals surface area contributed by atoms with Crippen LogP contribution in [0.4, 0.5) is 10.5 Å². The Balaban J connectivity index is 2.71. The first-order valence-corrected chi connectivity index (χ1v) is 8.61. The molecule has 0 radical (unpaired) electrons. The first-order valence-electron chi connectivity index (χ1n) is 5.09. The van der Waals surface area contributed by atoms with Crippen LogP contribution in [0, 0.1) is 0 Å². The van der Waals surface area contributed by atoms with Crippen molar-refractivity contribution in [3.05, 3.63) is 24.0 Å². The number of hydrogen-bond donors (Lipinski definition) is 1. The lowest BCUT2D eigenvalue weighted by molar-refractivity contribution is 0.0636. The van der Waals surface area contributed by atoms with Crippen LogP contribution in [-0.4, -0.2) is 16.7 Å². The van der Waals surface area contributed by atoms with Crippen LogP contribution in [0.2, 0.25) is 0 Å². The fraction of sp³-hybridized carbons (Fsp3) is 0.455. The summed E-state index contributed by atoms with van der Waals surface area (Å²) in [5.41, 5.74) is 1.24. The Kier molecular flexibility index (Phi) is 5.51. The monoisotopic (exact) mass is 366 g/mol. The molecule has 0 aliphatic carbocycles. The quantitative estimate of drug-likeness (QED) is 0.822. The van der Waals surface area contributed by atoms with E-state index in [1.165, 1.54) is 0 Å². The van der Waals surface area contributed by atoms with E-state index in [2.05, 4.69) is 31.5 Å². The number of pyridine rings is 1. The van der Waals surface area contributed by atoms with E-state index in [1.807, 2.05) is 20.8 Å². The number of hydrogen-bond acceptors (Lipinski definition) is 4. The highest BCUT2D eigenvalue weighted by molar-refractivity contribution is 14.2. The Morgan fingerprint density at radius 2 is 2.29 bits per heavy atom. The molecule has 1 aromatic heterocycles. The number of amides is 1. The first kappa shape index (κ1) is 14.6. The van der Waals surface area contributed by atoms with Gasteiger partial charge in [-0.25, -0.2) is 4.79 Å². The van der Waals surface area contributed by atoms with Crippen molar-refractivity contribution < 1.29 is 9.53 Å². The number of carbonyl (C=O) groups is 1. The first-order chi connectivity index (χ1) is 7.92. The number of rotatable bonds is 3. The van der Waals surface area contributed by atoms with Crippen molar-refractivity contribution >= 4 is 41.9 Å². The van der Waals surface area contributed by atoms with Gasteiger partial charge in [-0.15, -0.1) is 0 Å². The Morgan fingerprint density at radius 3 is 2.88 bits per heavy atom. The summed E-state index contributed by atoms with van der Waals surface area (Å²) < 4.78 is 5.20. The molecular weight excluding hydrogens is 351 g/mol. The average molecular weight is 366 g/mol. The summed E-state index contributed by atoms with van der Waals surface area (Å²) in [6.45, 7) is 5.50. The summed E-state index contributed by atoms with van der Waals surface area (Å²) >= 11 is 2.21. The van der Waals surface area contributed by atoms with Gasteiger partial charge < -0.3 is 4.74 Å². The number of nitrogens with one attached hydrogen (secondary N) is 1. The van der Waals surface area contributed by atoms with E-state index < -0.39 is 11.7 Å². The average Bonchev–Trinajstić information content (AvgIpc) is 2.18. The topological polar surface area (TPSA) is 51.2 Å². The molecule has 17 heavy (non-hydrogen) atoms. The van der Waals surface area contributed by atoms with Crippen molar-refractivity contribution in [1.82, 2.24) is 4.98 Å². The molecule has 0 aromatic carbocycles. The largest absolute Gasteiger partial charge is 0.444 e. The number of anilines is 1. The maximum Gasteiger partial charge on any atom is 0.412 e. The van der Waals surface area contributed by atoms with E-state index in [0.29, 0.717) is 0 Å². The Bertz CT molecular complexity index is 393.